The monoisotopic (exact) mass is 221 g/mol. The van der Waals surface area contributed by atoms with Crippen LogP contribution in [0.3, 0.4) is 0 Å². The highest BCUT2D eigenvalue weighted by atomic mass is 16.7. The van der Waals surface area contributed by atoms with E-state index in [1.807, 2.05) is 30.3 Å². The summed E-state index contributed by atoms with van der Waals surface area (Å²) in [6.07, 6.45) is 1.55. The van der Waals surface area contributed by atoms with Crippen molar-refractivity contribution in [1.29, 1.82) is 0 Å². The fourth-order valence-electron chi connectivity index (χ4n) is 0.960. The molecule has 1 rings (SSSR count). The number of hydrogen-bond acceptors (Lipinski definition) is 4. The highest BCUT2D eigenvalue weighted by Gasteiger charge is 1.98. The van der Waals surface area contributed by atoms with Gasteiger partial charge in [-0.1, -0.05) is 30.3 Å². The topological polar surface area (TPSA) is 75.6 Å². The van der Waals surface area contributed by atoms with Crippen LogP contribution in [0.15, 0.2) is 42.5 Å². The summed E-state index contributed by atoms with van der Waals surface area (Å²) < 4.78 is 0. The van der Waals surface area contributed by atoms with Crippen LogP contribution in [0, 0.1) is 0 Å². The molecule has 0 heterocycles. The van der Waals surface area contributed by atoms with E-state index in [0.717, 1.165) is 11.6 Å². The van der Waals surface area contributed by atoms with Gasteiger partial charge in [0.05, 0.1) is 6.54 Å². The van der Waals surface area contributed by atoms with Crippen LogP contribution in [0.1, 0.15) is 5.56 Å². The second-order valence-corrected chi connectivity index (χ2v) is 2.90. The van der Waals surface area contributed by atoms with Gasteiger partial charge in [0, 0.05) is 12.2 Å². The minimum absolute atomic E-state index is 0.369. The van der Waals surface area contributed by atoms with Crippen LogP contribution < -0.4 is 5.48 Å². The van der Waals surface area contributed by atoms with E-state index in [0.29, 0.717) is 12.6 Å². The summed E-state index contributed by atoms with van der Waals surface area (Å²) in [4.78, 5) is 25.5. The molecule has 2 N–H and O–H groups in total. The highest BCUT2D eigenvalue weighted by Crippen LogP contribution is 1.96. The highest BCUT2D eigenvalue weighted by molar-refractivity contribution is 5.90. The van der Waals surface area contributed by atoms with Gasteiger partial charge in [0.15, 0.2) is 0 Å². The van der Waals surface area contributed by atoms with E-state index in [2.05, 4.69) is 10.3 Å². The lowest BCUT2D eigenvalue weighted by atomic mass is 10.2. The van der Waals surface area contributed by atoms with Crippen molar-refractivity contribution in [2.24, 2.45) is 0 Å². The van der Waals surface area contributed by atoms with Gasteiger partial charge in [-0.15, -0.1) is 5.48 Å². The molecule has 0 aliphatic heterocycles. The smallest absolute Gasteiger partial charge is 0.349 e. The number of rotatable bonds is 5. The van der Waals surface area contributed by atoms with Crippen LogP contribution in [0.4, 0.5) is 0 Å². The third-order valence-corrected chi connectivity index (χ3v) is 1.65. The molecule has 0 saturated carbocycles. The van der Waals surface area contributed by atoms with Gasteiger partial charge < -0.3 is 9.94 Å². The summed E-state index contributed by atoms with van der Waals surface area (Å²) >= 11 is 0. The van der Waals surface area contributed by atoms with E-state index >= 15 is 0 Å². The van der Waals surface area contributed by atoms with Gasteiger partial charge in [0.25, 0.3) is 0 Å². The Bertz CT molecular complexity index is 386. The first-order valence-electron chi connectivity index (χ1n) is 4.57. The van der Waals surface area contributed by atoms with Crippen molar-refractivity contribution in [2.75, 3.05) is 0 Å². The molecule has 0 saturated heterocycles. The quantitative estimate of drug-likeness (QED) is 0.570. The summed E-state index contributed by atoms with van der Waals surface area (Å²) in [5, 5.41) is 8.25. The Morgan fingerprint density at radius 3 is 2.56 bits per heavy atom. The number of aliphatic carboxylic acids is 1. The Hall–Kier alpha value is -2.14. The number of carbonyl (C=O) groups excluding carboxylic acids is 1. The second-order valence-electron chi connectivity index (χ2n) is 2.90. The van der Waals surface area contributed by atoms with E-state index in [1.165, 1.54) is 0 Å². The zero-order chi connectivity index (χ0) is 11.8. The first-order valence-corrected chi connectivity index (χ1v) is 4.57. The lowest BCUT2D eigenvalue weighted by molar-refractivity contribution is -0.145. The normalized spacial score (nSPS) is 10.2. The van der Waals surface area contributed by atoms with E-state index in [1.54, 1.807) is 0 Å². The van der Waals surface area contributed by atoms with Crippen molar-refractivity contribution < 1.29 is 19.5 Å². The van der Waals surface area contributed by atoms with Gasteiger partial charge in [-0.05, 0) is 5.56 Å². The summed E-state index contributed by atoms with van der Waals surface area (Å²) in [7, 11) is 0. The molecule has 84 valence electrons. The maximum absolute atomic E-state index is 10.9. The predicted octanol–water partition coefficient (Wildman–Crippen LogP) is 0.875. The van der Waals surface area contributed by atoms with Crippen molar-refractivity contribution >= 4 is 11.9 Å². The Morgan fingerprint density at radius 2 is 1.94 bits per heavy atom. The number of benzene rings is 1. The Kier molecular flexibility index (Phi) is 4.75. The molecule has 5 nitrogen and oxygen atoms in total. The fraction of sp³-hybridized carbons (Fsp3) is 0.0909. The molecule has 0 fully saturated rings. The van der Waals surface area contributed by atoms with Crippen molar-refractivity contribution in [3.05, 3.63) is 48.0 Å². The van der Waals surface area contributed by atoms with E-state index in [-0.39, 0.29) is 0 Å². The largest absolute Gasteiger partial charge is 0.478 e. The van der Waals surface area contributed by atoms with Crippen LogP contribution in [0.5, 0.6) is 0 Å². The van der Waals surface area contributed by atoms with Gasteiger partial charge >= 0.3 is 11.9 Å². The summed E-state index contributed by atoms with van der Waals surface area (Å²) in [6, 6.07) is 9.35. The van der Waals surface area contributed by atoms with Gasteiger partial charge in [0.1, 0.15) is 0 Å². The molecular weight excluding hydrogens is 210 g/mol. The van der Waals surface area contributed by atoms with Crippen LogP contribution in [0.25, 0.3) is 0 Å². The molecule has 0 radical (unpaired) electrons. The first-order chi connectivity index (χ1) is 7.68. The van der Waals surface area contributed by atoms with Crippen LogP contribution >= 0.6 is 0 Å². The Labute approximate surface area is 92.3 Å². The molecule has 1 aromatic carbocycles. The van der Waals surface area contributed by atoms with E-state index in [9.17, 15) is 9.59 Å². The molecule has 1 aromatic rings. The number of carboxylic acids is 1. The minimum atomic E-state index is -1.19. The zero-order valence-corrected chi connectivity index (χ0v) is 8.42. The minimum Gasteiger partial charge on any atom is -0.478 e. The number of carboxylic acid groups (broad SMARTS) is 1. The second kappa shape index (κ2) is 6.36. The van der Waals surface area contributed by atoms with Gasteiger partial charge in [-0.2, -0.15) is 0 Å². The molecule has 0 atom stereocenters. The lowest BCUT2D eigenvalue weighted by Crippen LogP contribution is -2.18. The molecule has 0 aliphatic carbocycles. The lowest BCUT2D eigenvalue weighted by Gasteiger charge is -2.02. The first kappa shape index (κ1) is 11.9. The van der Waals surface area contributed by atoms with E-state index < -0.39 is 11.9 Å². The average molecular weight is 221 g/mol. The molecule has 5 heteroatoms. The number of carbonyl (C=O) groups is 2. The maximum atomic E-state index is 10.9. The van der Waals surface area contributed by atoms with Crippen molar-refractivity contribution in [1.82, 2.24) is 5.48 Å². The molecule has 0 unspecified atom stereocenters. The standard InChI is InChI=1S/C11H11NO4/c13-10(14)6-7-11(15)16-12-8-9-4-2-1-3-5-9/h1-7,12H,8H2,(H,13,14)/b7-6-. The molecular formula is C11H11NO4. The molecule has 16 heavy (non-hydrogen) atoms. The van der Waals surface area contributed by atoms with Crippen LogP contribution in [-0.4, -0.2) is 17.0 Å². The summed E-state index contributed by atoms with van der Waals surface area (Å²) in [6.45, 7) is 0.369. The average Bonchev–Trinajstić information content (AvgIpc) is 2.28. The number of nitrogens with one attached hydrogen (secondary N) is 1. The third-order valence-electron chi connectivity index (χ3n) is 1.65. The van der Waals surface area contributed by atoms with Crippen molar-refractivity contribution in [3.63, 3.8) is 0 Å². The maximum Gasteiger partial charge on any atom is 0.349 e. The summed E-state index contributed by atoms with van der Waals surface area (Å²) in [5.74, 6) is -1.95. The zero-order valence-electron chi connectivity index (χ0n) is 8.42. The van der Waals surface area contributed by atoms with Gasteiger partial charge in [-0.25, -0.2) is 9.59 Å². The van der Waals surface area contributed by atoms with Gasteiger partial charge in [0.2, 0.25) is 0 Å². The molecule has 0 bridgehead atoms. The van der Waals surface area contributed by atoms with Crippen LogP contribution in [-0.2, 0) is 21.0 Å². The molecule has 0 aromatic heterocycles. The Balaban J connectivity index is 2.26. The van der Waals surface area contributed by atoms with Crippen molar-refractivity contribution in [2.45, 2.75) is 6.54 Å². The molecule has 0 spiro atoms. The molecule has 0 aliphatic rings. The molecule has 0 amide bonds. The van der Waals surface area contributed by atoms with Crippen LogP contribution in [0.2, 0.25) is 0 Å². The SMILES string of the molecule is O=C(O)/C=C\C(=O)ONCc1ccccc1. The number of hydroxylamine groups is 1. The fourth-order valence-corrected chi connectivity index (χ4v) is 0.960. The van der Waals surface area contributed by atoms with Crippen molar-refractivity contribution in [3.8, 4) is 0 Å². The van der Waals surface area contributed by atoms with Gasteiger partial charge in [-0.3, -0.25) is 0 Å². The summed E-state index contributed by atoms with van der Waals surface area (Å²) in [5.41, 5.74) is 3.39. The number of hydrogen-bond donors (Lipinski definition) is 2. The van der Waals surface area contributed by atoms with E-state index in [4.69, 9.17) is 5.11 Å². The third kappa shape index (κ3) is 4.92. The predicted molar refractivity (Wildman–Crippen MR) is 56.1 cm³/mol. The Morgan fingerprint density at radius 1 is 1.25 bits per heavy atom.